The third-order valence-electron chi connectivity index (χ3n) is 3.08. The van der Waals surface area contributed by atoms with Gasteiger partial charge in [0.05, 0.1) is 11.8 Å². The lowest BCUT2D eigenvalue weighted by Crippen LogP contribution is -2.51. The minimum absolute atomic E-state index is 0.0903. The predicted molar refractivity (Wildman–Crippen MR) is 76.8 cm³/mol. The van der Waals surface area contributed by atoms with Gasteiger partial charge in [0.15, 0.2) is 0 Å². The zero-order chi connectivity index (χ0) is 15.6. The van der Waals surface area contributed by atoms with Crippen molar-refractivity contribution < 1.29 is 14.7 Å². The highest BCUT2D eigenvalue weighted by Crippen LogP contribution is 2.36. The summed E-state index contributed by atoms with van der Waals surface area (Å²) in [6, 6.07) is 0. The van der Waals surface area contributed by atoms with E-state index in [2.05, 4.69) is 5.32 Å². The summed E-state index contributed by atoms with van der Waals surface area (Å²) in [7, 11) is 0. The van der Waals surface area contributed by atoms with E-state index in [0.717, 1.165) is 0 Å². The van der Waals surface area contributed by atoms with E-state index in [1.54, 1.807) is 0 Å². The Hall–Kier alpha value is -1.06. The quantitative estimate of drug-likeness (QED) is 0.826. The second-order valence-electron chi connectivity index (χ2n) is 7.69. The predicted octanol–water partition coefficient (Wildman–Crippen LogP) is 2.92. The second kappa shape index (κ2) is 5.93. The Kier molecular flexibility index (Phi) is 5.60. The molecule has 19 heavy (non-hydrogen) atoms. The van der Waals surface area contributed by atoms with Crippen molar-refractivity contribution in [2.75, 3.05) is 0 Å². The van der Waals surface area contributed by atoms with Crippen LogP contribution in [0.1, 0.15) is 55.4 Å². The maximum Gasteiger partial charge on any atom is 0.307 e. The van der Waals surface area contributed by atoms with Crippen molar-refractivity contribution >= 4 is 11.9 Å². The van der Waals surface area contributed by atoms with Crippen molar-refractivity contribution in [3.05, 3.63) is 0 Å². The molecule has 0 heterocycles. The summed E-state index contributed by atoms with van der Waals surface area (Å²) in [6.45, 7) is 15.1. The standard InChI is InChI=1S/C15H29NO3/c1-9(2)10(13(18)19)11(14(3,4)5)12(17)16-15(6,7)8/h9-11H,1-8H3,(H,16,17)(H,18,19). The highest BCUT2D eigenvalue weighted by Gasteiger charge is 2.43. The fraction of sp³-hybridized carbons (Fsp3) is 0.867. The second-order valence-corrected chi connectivity index (χ2v) is 7.69. The monoisotopic (exact) mass is 271 g/mol. The normalized spacial score (nSPS) is 16.1. The first-order chi connectivity index (χ1) is 8.27. The van der Waals surface area contributed by atoms with Crippen LogP contribution in [-0.4, -0.2) is 22.5 Å². The van der Waals surface area contributed by atoms with E-state index in [1.165, 1.54) is 0 Å². The molecule has 0 aliphatic heterocycles. The fourth-order valence-corrected chi connectivity index (χ4v) is 2.36. The van der Waals surface area contributed by atoms with Gasteiger partial charge < -0.3 is 10.4 Å². The minimum Gasteiger partial charge on any atom is -0.481 e. The molecule has 1 amide bonds. The van der Waals surface area contributed by atoms with Gasteiger partial charge in [-0.25, -0.2) is 0 Å². The first-order valence-electron chi connectivity index (χ1n) is 6.82. The molecule has 112 valence electrons. The topological polar surface area (TPSA) is 66.4 Å². The Morgan fingerprint density at radius 1 is 1.00 bits per heavy atom. The molecule has 2 unspecified atom stereocenters. The van der Waals surface area contributed by atoms with Gasteiger partial charge in [0.2, 0.25) is 5.91 Å². The third-order valence-corrected chi connectivity index (χ3v) is 3.08. The van der Waals surface area contributed by atoms with E-state index in [4.69, 9.17) is 0 Å². The van der Waals surface area contributed by atoms with E-state index in [1.807, 2.05) is 55.4 Å². The van der Waals surface area contributed by atoms with E-state index >= 15 is 0 Å². The molecule has 0 saturated heterocycles. The van der Waals surface area contributed by atoms with Crippen LogP contribution < -0.4 is 5.32 Å². The Labute approximate surface area is 117 Å². The van der Waals surface area contributed by atoms with E-state index < -0.39 is 23.2 Å². The number of carbonyl (C=O) groups is 2. The maximum absolute atomic E-state index is 12.5. The average Bonchev–Trinajstić information content (AvgIpc) is 2.06. The number of nitrogens with one attached hydrogen (secondary N) is 1. The highest BCUT2D eigenvalue weighted by atomic mass is 16.4. The number of carboxylic acids is 1. The molecular formula is C15H29NO3. The summed E-state index contributed by atoms with van der Waals surface area (Å²) in [4.78, 5) is 24.0. The Morgan fingerprint density at radius 2 is 1.42 bits per heavy atom. The Bertz CT molecular complexity index is 334. The largest absolute Gasteiger partial charge is 0.481 e. The van der Waals surface area contributed by atoms with E-state index in [0.29, 0.717) is 0 Å². The van der Waals surface area contributed by atoms with Gasteiger partial charge in [-0.15, -0.1) is 0 Å². The summed E-state index contributed by atoms with van der Waals surface area (Å²) in [5, 5.41) is 12.4. The Balaban J connectivity index is 5.45. The molecule has 2 atom stereocenters. The third kappa shape index (κ3) is 5.62. The SMILES string of the molecule is CC(C)C(C(=O)O)C(C(=O)NC(C)(C)C)C(C)(C)C. The van der Waals surface area contributed by atoms with E-state index in [9.17, 15) is 14.7 Å². The molecule has 0 rings (SSSR count). The lowest BCUT2D eigenvalue weighted by atomic mass is 9.68. The van der Waals surface area contributed by atoms with Crippen molar-refractivity contribution in [1.82, 2.24) is 5.32 Å². The van der Waals surface area contributed by atoms with Gasteiger partial charge in [0, 0.05) is 5.54 Å². The van der Waals surface area contributed by atoms with Crippen molar-refractivity contribution in [2.45, 2.75) is 60.9 Å². The average molecular weight is 271 g/mol. The lowest BCUT2D eigenvalue weighted by Gasteiger charge is -2.37. The molecule has 0 aliphatic carbocycles. The van der Waals surface area contributed by atoms with Crippen molar-refractivity contribution in [3.63, 3.8) is 0 Å². The first kappa shape index (κ1) is 17.9. The van der Waals surface area contributed by atoms with Crippen molar-refractivity contribution in [2.24, 2.45) is 23.2 Å². The number of hydrogen-bond donors (Lipinski definition) is 2. The van der Waals surface area contributed by atoms with Crippen LogP contribution in [-0.2, 0) is 9.59 Å². The smallest absolute Gasteiger partial charge is 0.307 e. The van der Waals surface area contributed by atoms with Gasteiger partial charge in [-0.05, 0) is 32.1 Å². The summed E-state index contributed by atoms with van der Waals surface area (Å²) in [6.07, 6.45) is 0. The highest BCUT2D eigenvalue weighted by molar-refractivity contribution is 5.86. The molecule has 0 saturated carbocycles. The van der Waals surface area contributed by atoms with Crippen LogP contribution in [0.2, 0.25) is 0 Å². The number of hydrogen-bond acceptors (Lipinski definition) is 2. The molecule has 4 heteroatoms. The maximum atomic E-state index is 12.5. The number of aliphatic carboxylic acids is 1. The van der Waals surface area contributed by atoms with Crippen LogP contribution in [0.25, 0.3) is 0 Å². The molecular weight excluding hydrogens is 242 g/mol. The number of amides is 1. The summed E-state index contributed by atoms with van der Waals surface area (Å²) >= 11 is 0. The van der Waals surface area contributed by atoms with Gasteiger partial charge in [-0.2, -0.15) is 0 Å². The zero-order valence-electron chi connectivity index (χ0n) is 13.5. The van der Waals surface area contributed by atoms with Crippen molar-refractivity contribution in [3.8, 4) is 0 Å². The summed E-state index contributed by atoms with van der Waals surface area (Å²) in [5.41, 5.74) is -0.761. The van der Waals surface area contributed by atoms with E-state index in [-0.39, 0.29) is 17.4 Å². The molecule has 0 radical (unpaired) electrons. The van der Waals surface area contributed by atoms with Crippen LogP contribution in [0.4, 0.5) is 0 Å². The van der Waals surface area contributed by atoms with Gasteiger partial charge in [-0.1, -0.05) is 34.6 Å². The van der Waals surface area contributed by atoms with Crippen LogP contribution in [0.5, 0.6) is 0 Å². The number of carbonyl (C=O) groups excluding carboxylic acids is 1. The molecule has 0 bridgehead atoms. The molecule has 0 aliphatic rings. The van der Waals surface area contributed by atoms with Crippen molar-refractivity contribution in [1.29, 1.82) is 0 Å². The molecule has 4 nitrogen and oxygen atoms in total. The first-order valence-corrected chi connectivity index (χ1v) is 6.82. The van der Waals surface area contributed by atoms with Crippen LogP contribution in [0.3, 0.4) is 0 Å². The molecule has 0 aromatic heterocycles. The van der Waals surface area contributed by atoms with Crippen LogP contribution in [0, 0.1) is 23.2 Å². The molecule has 0 fully saturated rings. The van der Waals surface area contributed by atoms with Gasteiger partial charge >= 0.3 is 5.97 Å². The van der Waals surface area contributed by atoms with Crippen LogP contribution >= 0.6 is 0 Å². The molecule has 0 spiro atoms. The fourth-order valence-electron chi connectivity index (χ4n) is 2.36. The molecule has 0 aromatic carbocycles. The number of rotatable bonds is 4. The number of carboxylic acid groups (broad SMARTS) is 1. The van der Waals surface area contributed by atoms with Gasteiger partial charge in [0.1, 0.15) is 0 Å². The van der Waals surface area contributed by atoms with Gasteiger partial charge in [-0.3, -0.25) is 9.59 Å². The minimum atomic E-state index is -0.904. The van der Waals surface area contributed by atoms with Crippen LogP contribution in [0.15, 0.2) is 0 Å². The lowest BCUT2D eigenvalue weighted by molar-refractivity contribution is -0.153. The Morgan fingerprint density at radius 3 is 1.63 bits per heavy atom. The summed E-state index contributed by atoms with van der Waals surface area (Å²) < 4.78 is 0. The molecule has 0 aromatic rings. The molecule has 2 N–H and O–H groups in total. The van der Waals surface area contributed by atoms with Gasteiger partial charge in [0.25, 0.3) is 0 Å². The summed E-state index contributed by atoms with van der Waals surface area (Å²) in [5.74, 6) is -2.40. The zero-order valence-corrected chi connectivity index (χ0v) is 13.5.